The minimum atomic E-state index is -0.517. The van der Waals surface area contributed by atoms with E-state index in [1.165, 1.54) is 0 Å². The molecule has 0 aliphatic carbocycles. The van der Waals surface area contributed by atoms with E-state index in [9.17, 15) is 4.79 Å². The molecule has 0 aliphatic rings. The van der Waals surface area contributed by atoms with Crippen molar-refractivity contribution in [1.82, 2.24) is 0 Å². The molecule has 52 valence electrons. The summed E-state index contributed by atoms with van der Waals surface area (Å²) in [6.45, 7) is 5.41. The summed E-state index contributed by atoms with van der Waals surface area (Å²) >= 11 is 0. The van der Waals surface area contributed by atoms with Gasteiger partial charge in [-0.3, -0.25) is 0 Å². The van der Waals surface area contributed by atoms with Gasteiger partial charge in [-0.05, 0) is 6.42 Å². The Hall–Kier alpha value is -0.830. The minimum absolute atomic E-state index is 0.431. The number of hydrogen-bond donors (Lipinski definition) is 1. The quantitative estimate of drug-likeness (QED) is 0.452. The third-order valence-corrected chi connectivity index (χ3v) is 0.947. The highest BCUT2D eigenvalue weighted by Crippen LogP contribution is 2.01. The lowest BCUT2D eigenvalue weighted by molar-refractivity contribution is -0.139. The highest BCUT2D eigenvalue weighted by Gasteiger charge is 2.03. The van der Waals surface area contributed by atoms with Crippen molar-refractivity contribution in [3.8, 4) is 0 Å². The summed E-state index contributed by atoms with van der Waals surface area (Å²) in [7, 11) is 0. The van der Waals surface area contributed by atoms with E-state index in [1.54, 1.807) is 0 Å². The Bertz CT molecular complexity index is 120. The standard InChI is InChI=1S/C6H11NO2/c1-3-4-5(2)6(8)9-7/h2-4,7H2,1H3. The Morgan fingerprint density at radius 3 is 2.67 bits per heavy atom. The Morgan fingerprint density at radius 2 is 2.33 bits per heavy atom. The fourth-order valence-electron chi connectivity index (χ4n) is 0.487. The van der Waals surface area contributed by atoms with Gasteiger partial charge in [0.25, 0.3) is 0 Å². The Balaban J connectivity index is 3.60. The Labute approximate surface area is 54.4 Å². The summed E-state index contributed by atoms with van der Waals surface area (Å²) in [5, 5.41) is 0. The van der Waals surface area contributed by atoms with Crippen LogP contribution in [-0.4, -0.2) is 5.97 Å². The largest absolute Gasteiger partial charge is 0.370 e. The minimum Gasteiger partial charge on any atom is -0.370 e. The first-order valence-corrected chi connectivity index (χ1v) is 2.81. The van der Waals surface area contributed by atoms with Crippen LogP contribution >= 0.6 is 0 Å². The van der Waals surface area contributed by atoms with Crippen molar-refractivity contribution in [3.63, 3.8) is 0 Å². The van der Waals surface area contributed by atoms with Crippen LogP contribution in [0.5, 0.6) is 0 Å². The molecule has 0 radical (unpaired) electrons. The molecule has 0 unspecified atom stereocenters. The van der Waals surface area contributed by atoms with Gasteiger partial charge in [-0.1, -0.05) is 19.9 Å². The third-order valence-electron chi connectivity index (χ3n) is 0.947. The maximum absolute atomic E-state index is 10.5. The van der Waals surface area contributed by atoms with Crippen LogP contribution in [0.2, 0.25) is 0 Å². The van der Waals surface area contributed by atoms with E-state index in [-0.39, 0.29) is 0 Å². The van der Waals surface area contributed by atoms with Gasteiger partial charge in [-0.25, -0.2) is 4.79 Å². The molecule has 0 aromatic carbocycles. The first kappa shape index (κ1) is 8.17. The van der Waals surface area contributed by atoms with Gasteiger partial charge in [0, 0.05) is 5.57 Å². The van der Waals surface area contributed by atoms with Crippen molar-refractivity contribution in [3.05, 3.63) is 12.2 Å². The van der Waals surface area contributed by atoms with Crippen LogP contribution in [0, 0.1) is 0 Å². The summed E-state index contributed by atoms with van der Waals surface area (Å²) in [4.78, 5) is 14.4. The number of hydrogen-bond acceptors (Lipinski definition) is 3. The van der Waals surface area contributed by atoms with Crippen molar-refractivity contribution < 1.29 is 9.63 Å². The summed E-state index contributed by atoms with van der Waals surface area (Å²) in [5.41, 5.74) is 0.431. The second-order valence-corrected chi connectivity index (χ2v) is 1.76. The van der Waals surface area contributed by atoms with Crippen molar-refractivity contribution >= 4 is 5.97 Å². The van der Waals surface area contributed by atoms with Crippen LogP contribution in [0.1, 0.15) is 19.8 Å². The van der Waals surface area contributed by atoms with Gasteiger partial charge in [0.05, 0.1) is 0 Å². The van der Waals surface area contributed by atoms with Crippen LogP contribution in [0.15, 0.2) is 12.2 Å². The smallest absolute Gasteiger partial charge is 0.351 e. The average molecular weight is 129 g/mol. The second-order valence-electron chi connectivity index (χ2n) is 1.76. The molecule has 0 aromatic rings. The predicted octanol–water partition coefficient (Wildman–Crippen LogP) is 0.760. The molecule has 2 N–H and O–H groups in total. The first-order chi connectivity index (χ1) is 4.22. The fraction of sp³-hybridized carbons (Fsp3) is 0.500. The highest BCUT2D eigenvalue weighted by molar-refractivity contribution is 5.87. The van der Waals surface area contributed by atoms with Crippen molar-refractivity contribution in [2.24, 2.45) is 5.90 Å². The van der Waals surface area contributed by atoms with Crippen LogP contribution in [0.3, 0.4) is 0 Å². The van der Waals surface area contributed by atoms with Crippen molar-refractivity contribution in [1.29, 1.82) is 0 Å². The molecule has 0 spiro atoms. The Kier molecular flexibility index (Phi) is 3.71. The third kappa shape index (κ3) is 2.87. The van der Waals surface area contributed by atoms with E-state index < -0.39 is 5.97 Å². The predicted molar refractivity (Wildman–Crippen MR) is 34.3 cm³/mol. The molecule has 0 aromatic heterocycles. The molecule has 3 heteroatoms. The van der Waals surface area contributed by atoms with Crippen LogP contribution in [0.25, 0.3) is 0 Å². The molecule has 0 fully saturated rings. The van der Waals surface area contributed by atoms with E-state index in [0.29, 0.717) is 12.0 Å². The maximum Gasteiger partial charge on any atom is 0.351 e. The van der Waals surface area contributed by atoms with Gasteiger partial charge >= 0.3 is 5.97 Å². The molecule has 3 nitrogen and oxygen atoms in total. The van der Waals surface area contributed by atoms with Crippen molar-refractivity contribution in [2.75, 3.05) is 0 Å². The highest BCUT2D eigenvalue weighted by atomic mass is 16.7. The molecular formula is C6H11NO2. The van der Waals surface area contributed by atoms with Gasteiger partial charge in [-0.15, -0.1) is 0 Å². The van der Waals surface area contributed by atoms with Crippen LogP contribution in [0.4, 0.5) is 0 Å². The second kappa shape index (κ2) is 4.09. The Morgan fingerprint density at radius 1 is 1.78 bits per heavy atom. The van der Waals surface area contributed by atoms with E-state index in [0.717, 1.165) is 6.42 Å². The molecule has 9 heavy (non-hydrogen) atoms. The van der Waals surface area contributed by atoms with Crippen molar-refractivity contribution in [2.45, 2.75) is 19.8 Å². The van der Waals surface area contributed by atoms with Gasteiger partial charge in [-0.2, -0.15) is 5.90 Å². The topological polar surface area (TPSA) is 52.3 Å². The lowest BCUT2D eigenvalue weighted by Gasteiger charge is -1.97. The van der Waals surface area contributed by atoms with Crippen LogP contribution < -0.4 is 5.90 Å². The fourth-order valence-corrected chi connectivity index (χ4v) is 0.487. The summed E-state index contributed by atoms with van der Waals surface area (Å²) in [5.74, 6) is 4.08. The molecule has 0 aliphatic heterocycles. The SMILES string of the molecule is C=C(CCC)C(=O)ON. The summed E-state index contributed by atoms with van der Waals surface area (Å²) in [6, 6.07) is 0. The first-order valence-electron chi connectivity index (χ1n) is 2.81. The van der Waals surface area contributed by atoms with E-state index >= 15 is 0 Å². The number of nitrogens with two attached hydrogens (primary N) is 1. The number of carbonyl (C=O) groups is 1. The lowest BCUT2D eigenvalue weighted by Crippen LogP contribution is -2.11. The molecular weight excluding hydrogens is 118 g/mol. The van der Waals surface area contributed by atoms with E-state index in [4.69, 9.17) is 0 Å². The molecule has 0 heterocycles. The molecule has 0 bridgehead atoms. The van der Waals surface area contributed by atoms with E-state index in [2.05, 4.69) is 17.3 Å². The summed E-state index contributed by atoms with van der Waals surface area (Å²) < 4.78 is 0. The number of rotatable bonds is 3. The van der Waals surface area contributed by atoms with Gasteiger partial charge in [0.15, 0.2) is 0 Å². The molecule has 0 saturated carbocycles. The van der Waals surface area contributed by atoms with E-state index in [1.807, 2.05) is 6.92 Å². The van der Waals surface area contributed by atoms with Crippen LogP contribution in [-0.2, 0) is 9.63 Å². The maximum atomic E-state index is 10.5. The number of carbonyl (C=O) groups excluding carboxylic acids is 1. The molecule has 0 rings (SSSR count). The zero-order valence-electron chi connectivity index (χ0n) is 5.52. The molecule has 0 saturated heterocycles. The zero-order chi connectivity index (χ0) is 7.28. The monoisotopic (exact) mass is 129 g/mol. The lowest BCUT2D eigenvalue weighted by atomic mass is 10.2. The molecule has 0 atom stereocenters. The zero-order valence-corrected chi connectivity index (χ0v) is 5.52. The van der Waals surface area contributed by atoms with Gasteiger partial charge in [0.2, 0.25) is 0 Å². The summed E-state index contributed by atoms with van der Waals surface area (Å²) in [6.07, 6.45) is 1.53. The van der Waals surface area contributed by atoms with Gasteiger partial charge in [0.1, 0.15) is 0 Å². The van der Waals surface area contributed by atoms with Gasteiger partial charge < -0.3 is 4.84 Å². The molecule has 0 amide bonds. The normalized spacial score (nSPS) is 8.67. The average Bonchev–Trinajstić information content (AvgIpc) is 1.87.